The molecular weight excluding hydrogens is 311 g/mol. The fourth-order valence-corrected chi connectivity index (χ4v) is 3.44. The molecule has 2 aliphatic rings. The van der Waals surface area contributed by atoms with E-state index in [2.05, 4.69) is 10.4 Å². The first-order chi connectivity index (χ1) is 9.67. The van der Waals surface area contributed by atoms with Crippen molar-refractivity contribution >= 4 is 29.9 Å². The second-order valence-corrected chi connectivity index (χ2v) is 6.42. The first-order valence-corrected chi connectivity index (χ1v) is 7.71. The molecule has 0 aliphatic carbocycles. The molecule has 1 amide bonds. The van der Waals surface area contributed by atoms with Gasteiger partial charge in [-0.25, -0.2) is 0 Å². The van der Waals surface area contributed by atoms with Crippen LogP contribution in [0.2, 0.25) is 5.02 Å². The zero-order valence-electron chi connectivity index (χ0n) is 12.1. The lowest BCUT2D eigenvalue weighted by molar-refractivity contribution is -0.133. The summed E-state index contributed by atoms with van der Waals surface area (Å²) in [7, 11) is 0. The zero-order chi connectivity index (χ0) is 14.0. The van der Waals surface area contributed by atoms with Gasteiger partial charge >= 0.3 is 0 Å². The maximum Gasteiger partial charge on any atom is 0.224 e. The molecule has 1 N–H and O–H groups in total. The molecule has 1 aromatic heterocycles. The SMILES string of the molecule is Cl.O=C(CCn1cc(Cl)cn1)N1CCC2(CCNC2)CC1. The Hall–Kier alpha value is -0.780. The van der Waals surface area contributed by atoms with Gasteiger partial charge in [-0.3, -0.25) is 9.48 Å². The fraction of sp³-hybridized carbons (Fsp3) is 0.714. The van der Waals surface area contributed by atoms with Crippen LogP contribution in [0.3, 0.4) is 0 Å². The summed E-state index contributed by atoms with van der Waals surface area (Å²) in [6, 6.07) is 0. The first-order valence-electron chi connectivity index (χ1n) is 7.33. The van der Waals surface area contributed by atoms with Crippen molar-refractivity contribution in [2.75, 3.05) is 26.2 Å². The Labute approximate surface area is 136 Å². The zero-order valence-corrected chi connectivity index (χ0v) is 13.6. The second-order valence-electron chi connectivity index (χ2n) is 5.98. The molecule has 3 heterocycles. The Kier molecular flexibility index (Phi) is 5.52. The van der Waals surface area contributed by atoms with E-state index in [1.165, 1.54) is 6.42 Å². The number of hydrogen-bond donors (Lipinski definition) is 1. The summed E-state index contributed by atoms with van der Waals surface area (Å²) in [5, 5.41) is 8.16. The van der Waals surface area contributed by atoms with Crippen LogP contribution in [0.4, 0.5) is 0 Å². The molecule has 1 aromatic rings. The van der Waals surface area contributed by atoms with Crippen LogP contribution in [0.25, 0.3) is 0 Å². The molecule has 21 heavy (non-hydrogen) atoms. The molecule has 2 saturated heterocycles. The molecular formula is C14H22Cl2N4O. The van der Waals surface area contributed by atoms with Gasteiger partial charge in [0.05, 0.1) is 11.2 Å². The van der Waals surface area contributed by atoms with Gasteiger partial charge in [0.25, 0.3) is 0 Å². The third kappa shape index (κ3) is 3.90. The van der Waals surface area contributed by atoms with Gasteiger partial charge in [0.2, 0.25) is 5.91 Å². The first kappa shape index (κ1) is 16.6. The Bertz CT molecular complexity index is 475. The third-order valence-electron chi connectivity index (χ3n) is 4.67. The molecule has 0 atom stereocenters. The lowest BCUT2D eigenvalue weighted by Gasteiger charge is -2.39. The van der Waals surface area contributed by atoms with Crippen LogP contribution in [0.15, 0.2) is 12.4 Å². The van der Waals surface area contributed by atoms with Gasteiger partial charge in [-0.1, -0.05) is 11.6 Å². The molecule has 7 heteroatoms. The molecule has 1 spiro atoms. The largest absolute Gasteiger partial charge is 0.343 e. The minimum absolute atomic E-state index is 0. The van der Waals surface area contributed by atoms with Crippen molar-refractivity contribution in [3.8, 4) is 0 Å². The number of carbonyl (C=O) groups is 1. The number of halogens is 2. The number of piperidine rings is 1. The van der Waals surface area contributed by atoms with Gasteiger partial charge in [-0.05, 0) is 31.2 Å². The van der Waals surface area contributed by atoms with Crippen molar-refractivity contribution in [3.63, 3.8) is 0 Å². The van der Waals surface area contributed by atoms with Crippen LogP contribution in [-0.2, 0) is 11.3 Å². The van der Waals surface area contributed by atoms with Crippen molar-refractivity contribution in [2.45, 2.75) is 32.2 Å². The van der Waals surface area contributed by atoms with Crippen molar-refractivity contribution in [2.24, 2.45) is 5.41 Å². The summed E-state index contributed by atoms with van der Waals surface area (Å²) < 4.78 is 1.73. The van der Waals surface area contributed by atoms with Crippen molar-refractivity contribution in [1.82, 2.24) is 20.0 Å². The topological polar surface area (TPSA) is 50.2 Å². The fourth-order valence-electron chi connectivity index (χ4n) is 3.28. The average Bonchev–Trinajstić information content (AvgIpc) is 3.07. The highest BCUT2D eigenvalue weighted by atomic mass is 35.5. The smallest absolute Gasteiger partial charge is 0.224 e. The summed E-state index contributed by atoms with van der Waals surface area (Å²) in [5.41, 5.74) is 0.465. The molecule has 0 unspecified atom stereocenters. The molecule has 3 rings (SSSR count). The molecule has 2 fully saturated rings. The van der Waals surface area contributed by atoms with E-state index in [1.54, 1.807) is 17.1 Å². The lowest BCUT2D eigenvalue weighted by Crippen LogP contribution is -2.44. The Morgan fingerprint density at radius 3 is 2.71 bits per heavy atom. The van der Waals surface area contributed by atoms with Crippen molar-refractivity contribution in [3.05, 3.63) is 17.4 Å². The number of likely N-dealkylation sites (tertiary alicyclic amines) is 1. The monoisotopic (exact) mass is 332 g/mol. The number of nitrogens with one attached hydrogen (secondary N) is 1. The van der Waals surface area contributed by atoms with E-state index in [0.29, 0.717) is 23.4 Å². The Morgan fingerprint density at radius 2 is 2.14 bits per heavy atom. The normalized spacial score (nSPS) is 20.5. The van der Waals surface area contributed by atoms with Crippen LogP contribution in [0.1, 0.15) is 25.7 Å². The highest BCUT2D eigenvalue weighted by Gasteiger charge is 2.37. The van der Waals surface area contributed by atoms with E-state index in [-0.39, 0.29) is 18.3 Å². The van der Waals surface area contributed by atoms with Gasteiger partial charge < -0.3 is 10.2 Å². The summed E-state index contributed by atoms with van der Waals surface area (Å²) >= 11 is 5.81. The van der Waals surface area contributed by atoms with Crippen LogP contribution >= 0.6 is 24.0 Å². The Balaban J connectivity index is 0.00000161. The number of amides is 1. The second kappa shape index (κ2) is 6.99. The van der Waals surface area contributed by atoms with Gasteiger partial charge in [0, 0.05) is 38.8 Å². The predicted octanol–water partition coefficient (Wildman–Crippen LogP) is 1.95. The summed E-state index contributed by atoms with van der Waals surface area (Å²) in [4.78, 5) is 14.2. The van der Waals surface area contributed by atoms with Crippen LogP contribution in [-0.4, -0.2) is 46.8 Å². The Morgan fingerprint density at radius 1 is 1.38 bits per heavy atom. The van der Waals surface area contributed by atoms with E-state index in [1.807, 2.05) is 4.90 Å². The minimum atomic E-state index is 0. The molecule has 0 aromatic carbocycles. The van der Waals surface area contributed by atoms with Gasteiger partial charge in [-0.2, -0.15) is 5.10 Å². The number of carbonyl (C=O) groups excluding carboxylic acids is 1. The summed E-state index contributed by atoms with van der Waals surface area (Å²) in [6.07, 6.45) is 7.40. The quantitative estimate of drug-likeness (QED) is 0.920. The predicted molar refractivity (Wildman–Crippen MR) is 84.8 cm³/mol. The highest BCUT2D eigenvalue weighted by molar-refractivity contribution is 6.30. The van der Waals surface area contributed by atoms with E-state index in [9.17, 15) is 4.79 Å². The average molecular weight is 333 g/mol. The number of hydrogen-bond acceptors (Lipinski definition) is 3. The summed E-state index contributed by atoms with van der Waals surface area (Å²) in [6.45, 7) is 4.67. The van der Waals surface area contributed by atoms with Crippen molar-refractivity contribution < 1.29 is 4.79 Å². The lowest BCUT2D eigenvalue weighted by atomic mass is 9.78. The van der Waals surface area contributed by atoms with Crippen molar-refractivity contribution in [1.29, 1.82) is 0 Å². The van der Waals surface area contributed by atoms with E-state index in [4.69, 9.17) is 11.6 Å². The van der Waals surface area contributed by atoms with Crippen LogP contribution in [0, 0.1) is 5.41 Å². The maximum atomic E-state index is 12.2. The molecule has 0 saturated carbocycles. The number of aryl methyl sites for hydroxylation is 1. The standard InChI is InChI=1S/C14H21ClN4O.ClH/c15-12-9-17-19(10-12)6-1-13(20)18-7-3-14(4-8-18)2-5-16-11-14;/h9-10,16H,1-8,11H2;1H. The number of nitrogens with zero attached hydrogens (tertiary/aromatic N) is 3. The van der Waals surface area contributed by atoms with E-state index >= 15 is 0 Å². The molecule has 118 valence electrons. The molecule has 0 radical (unpaired) electrons. The van der Waals surface area contributed by atoms with E-state index < -0.39 is 0 Å². The molecule has 2 aliphatic heterocycles. The third-order valence-corrected chi connectivity index (χ3v) is 4.86. The van der Waals surface area contributed by atoms with Gasteiger partial charge in [-0.15, -0.1) is 12.4 Å². The highest BCUT2D eigenvalue weighted by Crippen LogP contribution is 2.36. The van der Waals surface area contributed by atoms with Crippen LogP contribution < -0.4 is 5.32 Å². The van der Waals surface area contributed by atoms with Gasteiger partial charge in [0.1, 0.15) is 0 Å². The van der Waals surface area contributed by atoms with E-state index in [0.717, 1.165) is 39.0 Å². The molecule has 5 nitrogen and oxygen atoms in total. The van der Waals surface area contributed by atoms with Gasteiger partial charge in [0.15, 0.2) is 0 Å². The minimum Gasteiger partial charge on any atom is -0.343 e. The number of rotatable bonds is 3. The number of aromatic nitrogens is 2. The molecule has 0 bridgehead atoms. The summed E-state index contributed by atoms with van der Waals surface area (Å²) in [5.74, 6) is 0.234. The van der Waals surface area contributed by atoms with Crippen LogP contribution in [0.5, 0.6) is 0 Å². The maximum absolute atomic E-state index is 12.2.